The van der Waals surface area contributed by atoms with Crippen molar-refractivity contribution in [3.05, 3.63) is 41.8 Å². The van der Waals surface area contributed by atoms with Gasteiger partial charge in [-0.05, 0) is 0 Å². The Balaban J connectivity index is 0. The maximum Gasteiger partial charge on any atom is 0.416 e. The molecule has 1 aromatic rings. The fraction of sp³-hybridized carbons (Fsp3) is 0.111. The third-order valence-corrected chi connectivity index (χ3v) is 1.36. The Morgan fingerprint density at radius 1 is 1.07 bits per heavy atom. The molecule has 0 heterocycles. The molecule has 1 aromatic carbocycles. The van der Waals surface area contributed by atoms with Gasteiger partial charge in [0.15, 0.2) is 0 Å². The first-order chi connectivity index (χ1) is 5.54. The number of benzene rings is 1. The van der Waals surface area contributed by atoms with Crippen molar-refractivity contribution in [3.63, 3.8) is 0 Å². The Hall–Kier alpha value is -0.327. The topological polar surface area (TPSA) is 0 Å². The summed E-state index contributed by atoms with van der Waals surface area (Å²) < 4.78 is 35.9. The minimum Gasteiger partial charge on any atom is -0.366 e. The van der Waals surface area contributed by atoms with Crippen molar-refractivity contribution in [3.8, 4) is 5.92 Å². The molecule has 0 saturated carbocycles. The van der Waals surface area contributed by atoms with Gasteiger partial charge in [-0.15, -0.1) is 34.7 Å². The average Bonchev–Trinajstić information content (AvgIpc) is 2.03. The maximum atomic E-state index is 12.0. The van der Waals surface area contributed by atoms with Gasteiger partial charge in [-0.3, -0.25) is 5.92 Å². The first-order valence-electron chi connectivity index (χ1n) is 3.14. The van der Waals surface area contributed by atoms with E-state index in [0.717, 1.165) is 12.1 Å². The second-order valence-electron chi connectivity index (χ2n) is 2.20. The van der Waals surface area contributed by atoms with E-state index in [4.69, 9.17) is 6.42 Å². The number of halogens is 4. The smallest absolute Gasteiger partial charge is 0.366 e. The molecule has 0 aromatic heterocycles. The van der Waals surface area contributed by atoms with Crippen molar-refractivity contribution in [2.24, 2.45) is 0 Å². The quantitative estimate of drug-likeness (QED) is 0.392. The number of alkyl halides is 3. The molecule has 0 aliphatic carbocycles. The van der Waals surface area contributed by atoms with E-state index in [0.29, 0.717) is 5.56 Å². The van der Waals surface area contributed by atoms with Crippen LogP contribution in [0.5, 0.6) is 0 Å². The van der Waals surface area contributed by atoms with Crippen LogP contribution in [-0.2, 0) is 25.7 Å². The van der Waals surface area contributed by atoms with Gasteiger partial charge in [-0.1, -0.05) is 12.1 Å². The first kappa shape index (κ1) is 16.1. The van der Waals surface area contributed by atoms with Crippen LogP contribution in [-0.4, -0.2) is 0 Å². The largest absolute Gasteiger partial charge is 0.416 e. The van der Waals surface area contributed by atoms with Crippen molar-refractivity contribution >= 4 is 17.0 Å². The number of hydrogen-bond acceptors (Lipinski definition) is 0. The third-order valence-electron chi connectivity index (χ3n) is 1.36. The summed E-state index contributed by atoms with van der Waals surface area (Å²) in [6.07, 6.45) is 2.33. The summed E-state index contributed by atoms with van der Waals surface area (Å²) in [7, 11) is 0. The van der Waals surface area contributed by atoms with Crippen molar-refractivity contribution in [1.82, 2.24) is 0 Å². The van der Waals surface area contributed by atoms with E-state index in [9.17, 15) is 13.2 Å². The Morgan fingerprint density at radius 3 is 1.79 bits per heavy atom. The minimum atomic E-state index is -4.31. The van der Waals surface area contributed by atoms with Gasteiger partial charge in [0.25, 0.3) is 0 Å². The SMILES string of the molecule is Br.[C-]#Cc1ccc(C(F)(F)F)cc1.[Zn]. The number of rotatable bonds is 0. The summed E-state index contributed by atoms with van der Waals surface area (Å²) in [5.74, 6) is 1.99. The molecule has 0 aliphatic rings. The monoisotopic (exact) mass is 313 g/mol. The van der Waals surface area contributed by atoms with Crippen LogP contribution in [0.1, 0.15) is 11.1 Å². The summed E-state index contributed by atoms with van der Waals surface area (Å²) in [5.41, 5.74) is -0.371. The number of hydrogen-bond donors (Lipinski definition) is 0. The van der Waals surface area contributed by atoms with Gasteiger partial charge >= 0.3 is 6.18 Å². The van der Waals surface area contributed by atoms with E-state index in [-0.39, 0.29) is 36.5 Å². The van der Waals surface area contributed by atoms with Gasteiger partial charge < -0.3 is 6.42 Å². The molecule has 1 rings (SSSR count). The molecule has 0 nitrogen and oxygen atoms in total. The summed E-state index contributed by atoms with van der Waals surface area (Å²) in [4.78, 5) is 0. The fourth-order valence-electron chi connectivity index (χ4n) is 0.743. The normalized spacial score (nSPS) is 9.29. The Morgan fingerprint density at radius 2 is 1.50 bits per heavy atom. The molecule has 0 atom stereocenters. The van der Waals surface area contributed by atoms with E-state index in [1.54, 1.807) is 0 Å². The Kier molecular flexibility index (Phi) is 7.15. The van der Waals surface area contributed by atoms with E-state index in [2.05, 4.69) is 0 Å². The zero-order valence-electron chi connectivity index (χ0n) is 7.06. The van der Waals surface area contributed by atoms with Gasteiger partial charge in [0, 0.05) is 19.5 Å². The van der Waals surface area contributed by atoms with Crippen molar-refractivity contribution in [2.75, 3.05) is 0 Å². The third kappa shape index (κ3) is 4.26. The summed E-state index contributed by atoms with van der Waals surface area (Å²) in [6.45, 7) is 0. The molecule has 14 heavy (non-hydrogen) atoms. The molecule has 0 fully saturated rings. The van der Waals surface area contributed by atoms with Crippen LogP contribution in [0.3, 0.4) is 0 Å². The van der Waals surface area contributed by atoms with Crippen LogP contribution in [0.2, 0.25) is 0 Å². The Bertz CT molecular complexity index is 310. The van der Waals surface area contributed by atoms with Crippen molar-refractivity contribution in [2.45, 2.75) is 6.18 Å². The Labute approximate surface area is 103 Å². The van der Waals surface area contributed by atoms with E-state index in [1.807, 2.05) is 5.92 Å². The molecule has 0 saturated heterocycles. The average molecular weight is 315 g/mol. The zero-order chi connectivity index (χ0) is 9.19. The van der Waals surface area contributed by atoms with Crippen molar-refractivity contribution < 1.29 is 32.6 Å². The van der Waals surface area contributed by atoms with Crippen LogP contribution in [0.25, 0.3) is 0 Å². The van der Waals surface area contributed by atoms with Crippen LogP contribution in [0, 0.1) is 12.3 Å². The van der Waals surface area contributed by atoms with Gasteiger partial charge in [0.05, 0.1) is 5.56 Å². The fourth-order valence-corrected chi connectivity index (χ4v) is 0.743. The van der Waals surface area contributed by atoms with Gasteiger partial charge in [0.2, 0.25) is 0 Å². The standard InChI is InChI=1S/C9H4F3.BrH.Zn/c1-2-7-3-5-8(6-4-7)9(10,11)12;;/h3-6H;1H;/q-1;;. The van der Waals surface area contributed by atoms with Gasteiger partial charge in [-0.25, -0.2) is 0 Å². The molecule has 0 radical (unpaired) electrons. The van der Waals surface area contributed by atoms with Crippen molar-refractivity contribution in [1.29, 1.82) is 0 Å². The second kappa shape index (κ2) is 6.21. The molecule has 0 bridgehead atoms. The molecular weight excluding hydrogens is 310 g/mol. The molecule has 0 aliphatic heterocycles. The first-order valence-corrected chi connectivity index (χ1v) is 3.14. The minimum absolute atomic E-state index is 0. The summed E-state index contributed by atoms with van der Waals surface area (Å²) >= 11 is 0. The van der Waals surface area contributed by atoms with Crippen LogP contribution >= 0.6 is 17.0 Å². The second-order valence-corrected chi connectivity index (χ2v) is 2.20. The molecule has 0 spiro atoms. The van der Waals surface area contributed by atoms with E-state index < -0.39 is 11.7 Å². The van der Waals surface area contributed by atoms with Gasteiger partial charge in [0.1, 0.15) is 0 Å². The van der Waals surface area contributed by atoms with Gasteiger partial charge in [-0.2, -0.15) is 13.2 Å². The molecule has 72 valence electrons. The van der Waals surface area contributed by atoms with Crippen LogP contribution < -0.4 is 0 Å². The predicted molar refractivity (Wildman–Crippen MR) is 48.0 cm³/mol. The van der Waals surface area contributed by atoms with Crippen LogP contribution in [0.4, 0.5) is 13.2 Å². The summed E-state index contributed by atoms with van der Waals surface area (Å²) in [5, 5.41) is 0. The predicted octanol–water partition coefficient (Wildman–Crippen LogP) is 3.22. The van der Waals surface area contributed by atoms with Crippen LogP contribution in [0.15, 0.2) is 24.3 Å². The molecule has 5 heteroatoms. The van der Waals surface area contributed by atoms with E-state index >= 15 is 0 Å². The molecule has 0 amide bonds. The summed E-state index contributed by atoms with van der Waals surface area (Å²) in [6, 6.07) is 4.26. The van der Waals surface area contributed by atoms with E-state index in [1.165, 1.54) is 12.1 Å². The molecule has 0 unspecified atom stereocenters. The maximum absolute atomic E-state index is 12.0. The molecular formula is C9H5BrF3Zn-. The molecule has 0 N–H and O–H groups in total. The zero-order valence-corrected chi connectivity index (χ0v) is 11.7.